The van der Waals surface area contributed by atoms with Crippen molar-refractivity contribution >= 4 is 27.5 Å². The van der Waals surface area contributed by atoms with E-state index in [9.17, 15) is 4.79 Å². The standard InChI is InChI=1S/C14H18BrNO3/c1-3-4-5-6-10-11(15)7-12(16-9(2)17)14-13(10)18-8-19-14/h7H,3-6,8H2,1-2H3,(H,16,17). The van der Waals surface area contributed by atoms with Gasteiger partial charge in [0.2, 0.25) is 12.7 Å². The number of hydrogen-bond acceptors (Lipinski definition) is 3. The molecule has 2 rings (SSSR count). The van der Waals surface area contributed by atoms with E-state index in [1.807, 2.05) is 6.07 Å². The number of ether oxygens (including phenoxy) is 2. The SMILES string of the molecule is CCCCCc1c(Br)cc(NC(C)=O)c2c1OCO2. The van der Waals surface area contributed by atoms with Crippen LogP contribution >= 0.6 is 15.9 Å². The lowest BCUT2D eigenvalue weighted by Gasteiger charge is -2.12. The molecule has 104 valence electrons. The summed E-state index contributed by atoms with van der Waals surface area (Å²) in [6.45, 7) is 3.86. The van der Waals surface area contributed by atoms with E-state index >= 15 is 0 Å². The van der Waals surface area contributed by atoms with Crippen molar-refractivity contribution in [1.29, 1.82) is 0 Å². The summed E-state index contributed by atoms with van der Waals surface area (Å²) in [7, 11) is 0. The van der Waals surface area contributed by atoms with Gasteiger partial charge in [0.15, 0.2) is 11.5 Å². The van der Waals surface area contributed by atoms with Crippen LogP contribution in [0.2, 0.25) is 0 Å². The highest BCUT2D eigenvalue weighted by molar-refractivity contribution is 9.10. The molecule has 0 aromatic heterocycles. The average Bonchev–Trinajstić information content (AvgIpc) is 2.81. The zero-order valence-electron chi connectivity index (χ0n) is 11.2. The van der Waals surface area contributed by atoms with Gasteiger partial charge in [-0.1, -0.05) is 35.7 Å². The minimum atomic E-state index is -0.122. The number of rotatable bonds is 5. The molecule has 4 nitrogen and oxygen atoms in total. The summed E-state index contributed by atoms with van der Waals surface area (Å²) in [5.41, 5.74) is 1.78. The highest BCUT2D eigenvalue weighted by Gasteiger charge is 2.24. The Morgan fingerprint density at radius 3 is 2.79 bits per heavy atom. The fourth-order valence-corrected chi connectivity index (χ4v) is 2.76. The zero-order chi connectivity index (χ0) is 13.8. The van der Waals surface area contributed by atoms with Crippen molar-refractivity contribution in [3.05, 3.63) is 16.1 Å². The normalized spacial score (nSPS) is 12.6. The number of nitrogens with one attached hydrogen (secondary N) is 1. The third-order valence-electron chi connectivity index (χ3n) is 3.03. The van der Waals surface area contributed by atoms with Gasteiger partial charge in [-0.2, -0.15) is 0 Å². The molecule has 19 heavy (non-hydrogen) atoms. The van der Waals surface area contributed by atoms with E-state index in [0.717, 1.165) is 28.6 Å². The smallest absolute Gasteiger partial charge is 0.231 e. The zero-order valence-corrected chi connectivity index (χ0v) is 12.8. The summed E-state index contributed by atoms with van der Waals surface area (Å²) < 4.78 is 12.0. The summed E-state index contributed by atoms with van der Waals surface area (Å²) in [5, 5.41) is 2.77. The maximum atomic E-state index is 11.2. The van der Waals surface area contributed by atoms with Crippen LogP contribution in [0.3, 0.4) is 0 Å². The number of halogens is 1. The molecular weight excluding hydrogens is 310 g/mol. The van der Waals surface area contributed by atoms with Crippen molar-refractivity contribution in [3.8, 4) is 11.5 Å². The van der Waals surface area contributed by atoms with Crippen LogP contribution in [0, 0.1) is 0 Å². The molecule has 1 amide bonds. The Balaban J connectivity index is 2.30. The first-order valence-corrected chi connectivity index (χ1v) is 7.31. The molecule has 0 aliphatic carbocycles. The number of fused-ring (bicyclic) bond motifs is 1. The lowest BCUT2D eigenvalue weighted by Crippen LogP contribution is -2.07. The average molecular weight is 328 g/mol. The van der Waals surface area contributed by atoms with Crippen LogP contribution in [-0.2, 0) is 11.2 Å². The van der Waals surface area contributed by atoms with Gasteiger partial charge in [0.1, 0.15) is 0 Å². The van der Waals surface area contributed by atoms with Crippen molar-refractivity contribution in [1.82, 2.24) is 0 Å². The molecule has 1 aliphatic rings. The third-order valence-corrected chi connectivity index (χ3v) is 3.74. The molecule has 0 saturated carbocycles. The Morgan fingerprint density at radius 1 is 1.37 bits per heavy atom. The lowest BCUT2D eigenvalue weighted by molar-refractivity contribution is -0.114. The number of unbranched alkanes of at least 4 members (excludes halogenated alkanes) is 2. The van der Waals surface area contributed by atoms with E-state index in [2.05, 4.69) is 28.2 Å². The van der Waals surface area contributed by atoms with Gasteiger partial charge in [0.25, 0.3) is 0 Å². The van der Waals surface area contributed by atoms with E-state index in [4.69, 9.17) is 9.47 Å². The molecule has 0 radical (unpaired) electrons. The Bertz CT molecular complexity index is 488. The van der Waals surface area contributed by atoms with Crippen molar-refractivity contribution in [3.63, 3.8) is 0 Å². The van der Waals surface area contributed by atoms with Gasteiger partial charge < -0.3 is 14.8 Å². The van der Waals surface area contributed by atoms with E-state index in [1.54, 1.807) is 0 Å². The van der Waals surface area contributed by atoms with Crippen molar-refractivity contribution in [2.75, 3.05) is 12.1 Å². The maximum absolute atomic E-state index is 11.2. The number of carbonyl (C=O) groups is 1. The Hall–Kier alpha value is -1.23. The topological polar surface area (TPSA) is 47.6 Å². The van der Waals surface area contributed by atoms with Gasteiger partial charge in [0, 0.05) is 17.0 Å². The summed E-state index contributed by atoms with van der Waals surface area (Å²) in [6.07, 6.45) is 4.43. The first-order chi connectivity index (χ1) is 9.13. The fourth-order valence-electron chi connectivity index (χ4n) is 2.16. The van der Waals surface area contributed by atoms with Gasteiger partial charge >= 0.3 is 0 Å². The van der Waals surface area contributed by atoms with Crippen LogP contribution in [-0.4, -0.2) is 12.7 Å². The van der Waals surface area contributed by atoms with Crippen LogP contribution in [0.1, 0.15) is 38.7 Å². The molecule has 0 fully saturated rings. The molecule has 5 heteroatoms. The first-order valence-electron chi connectivity index (χ1n) is 6.52. The van der Waals surface area contributed by atoms with Crippen molar-refractivity contribution in [2.24, 2.45) is 0 Å². The van der Waals surface area contributed by atoms with E-state index < -0.39 is 0 Å². The van der Waals surface area contributed by atoms with Gasteiger partial charge in [-0.05, 0) is 18.9 Å². The number of anilines is 1. The molecule has 0 atom stereocenters. The fraction of sp³-hybridized carbons (Fsp3) is 0.500. The van der Waals surface area contributed by atoms with Gasteiger partial charge in [-0.15, -0.1) is 0 Å². The monoisotopic (exact) mass is 327 g/mol. The third kappa shape index (κ3) is 3.21. The highest BCUT2D eigenvalue weighted by atomic mass is 79.9. The number of carbonyl (C=O) groups excluding carboxylic acids is 1. The largest absolute Gasteiger partial charge is 0.453 e. The first kappa shape index (κ1) is 14.2. The summed E-state index contributed by atoms with van der Waals surface area (Å²) >= 11 is 3.56. The Kier molecular flexibility index (Phi) is 4.69. The van der Waals surface area contributed by atoms with Gasteiger partial charge in [0.05, 0.1) is 5.69 Å². The van der Waals surface area contributed by atoms with Crippen LogP contribution in [0.5, 0.6) is 11.5 Å². The van der Waals surface area contributed by atoms with Gasteiger partial charge in [-0.3, -0.25) is 4.79 Å². The molecule has 0 bridgehead atoms. The highest BCUT2D eigenvalue weighted by Crippen LogP contribution is 2.46. The van der Waals surface area contributed by atoms with Crippen LogP contribution in [0.4, 0.5) is 5.69 Å². The van der Waals surface area contributed by atoms with Crippen molar-refractivity contribution < 1.29 is 14.3 Å². The lowest BCUT2D eigenvalue weighted by atomic mass is 10.0. The molecule has 1 heterocycles. The van der Waals surface area contributed by atoms with E-state index in [-0.39, 0.29) is 12.7 Å². The van der Waals surface area contributed by atoms with Crippen molar-refractivity contribution in [2.45, 2.75) is 39.5 Å². The second kappa shape index (κ2) is 6.28. The summed E-state index contributed by atoms with van der Waals surface area (Å²) in [5.74, 6) is 1.28. The van der Waals surface area contributed by atoms with E-state index in [0.29, 0.717) is 11.4 Å². The molecular formula is C14H18BrNO3. The Morgan fingerprint density at radius 2 is 2.11 bits per heavy atom. The maximum Gasteiger partial charge on any atom is 0.231 e. The summed E-state index contributed by atoms with van der Waals surface area (Å²) in [4.78, 5) is 11.2. The van der Waals surface area contributed by atoms with Gasteiger partial charge in [-0.25, -0.2) is 0 Å². The molecule has 0 spiro atoms. The minimum Gasteiger partial charge on any atom is -0.453 e. The predicted molar refractivity (Wildman–Crippen MR) is 77.8 cm³/mol. The number of benzene rings is 1. The van der Waals surface area contributed by atoms with Crippen LogP contribution in [0.15, 0.2) is 10.5 Å². The van der Waals surface area contributed by atoms with Crippen LogP contribution in [0.25, 0.3) is 0 Å². The van der Waals surface area contributed by atoms with Crippen LogP contribution < -0.4 is 14.8 Å². The molecule has 1 aliphatic heterocycles. The number of amides is 1. The minimum absolute atomic E-state index is 0.122. The molecule has 1 aromatic rings. The molecule has 1 N–H and O–H groups in total. The predicted octanol–water partition coefficient (Wildman–Crippen LogP) is 3.87. The number of hydrogen-bond donors (Lipinski definition) is 1. The second-order valence-corrected chi connectivity index (χ2v) is 5.44. The quantitative estimate of drug-likeness (QED) is 0.835. The molecule has 1 aromatic carbocycles. The van der Waals surface area contributed by atoms with E-state index in [1.165, 1.54) is 19.8 Å². The molecule has 0 unspecified atom stereocenters. The second-order valence-electron chi connectivity index (χ2n) is 4.59. The summed E-state index contributed by atoms with van der Waals surface area (Å²) in [6, 6.07) is 1.89. The molecule has 0 saturated heterocycles. The Labute approximate surface area is 121 Å².